The average molecular weight is 371 g/mol. The zero-order valence-electron chi connectivity index (χ0n) is 10.8. The van der Waals surface area contributed by atoms with Crippen LogP contribution in [0.1, 0.15) is 5.56 Å². The molecule has 0 bridgehead atoms. The number of rotatable bonds is 4. The number of amides is 1. The summed E-state index contributed by atoms with van der Waals surface area (Å²) in [5, 5.41) is 3.55. The molecular weight excluding hydrogens is 358 g/mol. The standard InChI is InChI=1S/C15H13BrClNOS/c1-10-6-7-13(11(16)8-10)18-15(19)9-20-14-5-3-2-4-12(14)17/h2-8H,9H2,1H3,(H,18,19). The van der Waals surface area contributed by atoms with E-state index < -0.39 is 0 Å². The van der Waals surface area contributed by atoms with Gasteiger partial charge in [0.05, 0.1) is 16.5 Å². The van der Waals surface area contributed by atoms with E-state index in [1.807, 2.05) is 49.4 Å². The van der Waals surface area contributed by atoms with Gasteiger partial charge < -0.3 is 5.32 Å². The number of nitrogens with one attached hydrogen (secondary N) is 1. The molecule has 0 heterocycles. The number of benzene rings is 2. The fourth-order valence-electron chi connectivity index (χ4n) is 1.61. The first kappa shape index (κ1) is 15.4. The minimum atomic E-state index is -0.0560. The molecule has 0 fully saturated rings. The lowest BCUT2D eigenvalue weighted by Gasteiger charge is -2.08. The largest absolute Gasteiger partial charge is 0.324 e. The van der Waals surface area contributed by atoms with Crippen molar-refractivity contribution in [2.45, 2.75) is 11.8 Å². The van der Waals surface area contributed by atoms with Crippen LogP contribution in [0.5, 0.6) is 0 Å². The molecule has 0 saturated heterocycles. The first-order valence-corrected chi connectivity index (χ1v) is 8.15. The van der Waals surface area contributed by atoms with E-state index in [0.717, 1.165) is 20.6 Å². The van der Waals surface area contributed by atoms with Crippen LogP contribution in [0.15, 0.2) is 51.8 Å². The third kappa shape index (κ3) is 4.27. The Morgan fingerprint density at radius 3 is 2.75 bits per heavy atom. The molecule has 0 aromatic heterocycles. The quantitative estimate of drug-likeness (QED) is 0.755. The number of carbonyl (C=O) groups excluding carboxylic acids is 1. The number of anilines is 1. The molecule has 0 radical (unpaired) electrons. The van der Waals surface area contributed by atoms with Crippen molar-refractivity contribution in [1.29, 1.82) is 0 Å². The van der Waals surface area contributed by atoms with Gasteiger partial charge in [0.1, 0.15) is 0 Å². The Kier molecular flexibility index (Phi) is 5.52. The van der Waals surface area contributed by atoms with E-state index in [1.165, 1.54) is 11.8 Å². The van der Waals surface area contributed by atoms with Gasteiger partial charge in [-0.25, -0.2) is 0 Å². The average Bonchev–Trinajstić information content (AvgIpc) is 2.41. The molecule has 0 aliphatic carbocycles. The fraction of sp³-hybridized carbons (Fsp3) is 0.133. The van der Waals surface area contributed by atoms with E-state index in [9.17, 15) is 4.79 Å². The summed E-state index contributed by atoms with van der Waals surface area (Å²) >= 11 is 10.9. The molecule has 0 aliphatic rings. The molecule has 5 heteroatoms. The van der Waals surface area contributed by atoms with Gasteiger partial charge in [-0.3, -0.25) is 4.79 Å². The predicted molar refractivity (Wildman–Crippen MR) is 89.7 cm³/mol. The van der Waals surface area contributed by atoms with Crippen molar-refractivity contribution < 1.29 is 4.79 Å². The molecule has 1 N–H and O–H groups in total. The Hall–Kier alpha value is -0.970. The van der Waals surface area contributed by atoms with Gasteiger partial charge in [0.2, 0.25) is 5.91 Å². The van der Waals surface area contributed by atoms with Crippen molar-refractivity contribution in [2.24, 2.45) is 0 Å². The van der Waals surface area contributed by atoms with Crippen LogP contribution in [0.2, 0.25) is 5.02 Å². The highest BCUT2D eigenvalue weighted by Gasteiger charge is 2.08. The smallest absolute Gasteiger partial charge is 0.234 e. The predicted octanol–water partition coefficient (Wildman–Crippen LogP) is 5.14. The van der Waals surface area contributed by atoms with Crippen LogP contribution in [0.4, 0.5) is 5.69 Å². The van der Waals surface area contributed by atoms with E-state index in [4.69, 9.17) is 11.6 Å². The third-order valence-electron chi connectivity index (χ3n) is 2.59. The van der Waals surface area contributed by atoms with E-state index in [0.29, 0.717) is 10.8 Å². The summed E-state index contributed by atoms with van der Waals surface area (Å²) in [7, 11) is 0. The summed E-state index contributed by atoms with van der Waals surface area (Å²) < 4.78 is 0.883. The van der Waals surface area contributed by atoms with Gasteiger partial charge in [-0.1, -0.05) is 29.8 Å². The molecule has 2 nitrogen and oxygen atoms in total. The molecule has 0 atom stereocenters. The lowest BCUT2D eigenvalue weighted by Crippen LogP contribution is -2.14. The minimum Gasteiger partial charge on any atom is -0.324 e. The molecule has 104 valence electrons. The number of aryl methyl sites for hydroxylation is 1. The Bertz CT molecular complexity index is 633. The second kappa shape index (κ2) is 7.16. The second-order valence-corrected chi connectivity index (χ2v) is 6.53. The Morgan fingerprint density at radius 1 is 1.30 bits per heavy atom. The summed E-state index contributed by atoms with van der Waals surface area (Å²) in [6.07, 6.45) is 0. The first-order chi connectivity index (χ1) is 9.56. The summed E-state index contributed by atoms with van der Waals surface area (Å²) in [6.45, 7) is 2.00. The summed E-state index contributed by atoms with van der Waals surface area (Å²) in [5.74, 6) is 0.267. The molecule has 0 aliphatic heterocycles. The molecule has 0 saturated carbocycles. The lowest BCUT2D eigenvalue weighted by molar-refractivity contribution is -0.113. The molecule has 0 unspecified atom stereocenters. The number of hydrogen-bond acceptors (Lipinski definition) is 2. The van der Waals surface area contributed by atoms with E-state index in [2.05, 4.69) is 21.2 Å². The van der Waals surface area contributed by atoms with Crippen LogP contribution in [0.25, 0.3) is 0 Å². The second-order valence-electron chi connectivity index (χ2n) is 4.25. The molecule has 1 amide bonds. The van der Waals surface area contributed by atoms with Gasteiger partial charge >= 0.3 is 0 Å². The van der Waals surface area contributed by atoms with Gasteiger partial charge in [0.15, 0.2) is 0 Å². The SMILES string of the molecule is Cc1ccc(NC(=O)CSc2ccccc2Cl)c(Br)c1. The van der Waals surface area contributed by atoms with Crippen molar-refractivity contribution in [1.82, 2.24) is 0 Å². The summed E-state index contributed by atoms with van der Waals surface area (Å²) in [5.41, 5.74) is 1.92. The molecule has 0 spiro atoms. The lowest BCUT2D eigenvalue weighted by atomic mass is 10.2. The maximum Gasteiger partial charge on any atom is 0.234 e. The molecule has 20 heavy (non-hydrogen) atoms. The fourth-order valence-corrected chi connectivity index (χ4v) is 3.24. The monoisotopic (exact) mass is 369 g/mol. The molecule has 2 aromatic rings. The van der Waals surface area contributed by atoms with E-state index in [1.54, 1.807) is 0 Å². The highest BCUT2D eigenvalue weighted by atomic mass is 79.9. The van der Waals surface area contributed by atoms with E-state index >= 15 is 0 Å². The number of thioether (sulfide) groups is 1. The van der Waals surface area contributed by atoms with Crippen molar-refractivity contribution in [3.05, 3.63) is 57.5 Å². The van der Waals surface area contributed by atoms with Crippen LogP contribution in [0.3, 0.4) is 0 Å². The van der Waals surface area contributed by atoms with Crippen LogP contribution in [-0.2, 0) is 4.79 Å². The van der Waals surface area contributed by atoms with Crippen LogP contribution >= 0.6 is 39.3 Å². The van der Waals surface area contributed by atoms with Crippen LogP contribution in [0, 0.1) is 6.92 Å². The molecule has 2 aromatic carbocycles. The molecule has 2 rings (SSSR count). The highest BCUT2D eigenvalue weighted by Crippen LogP contribution is 2.27. The van der Waals surface area contributed by atoms with Crippen molar-refractivity contribution in [3.8, 4) is 0 Å². The maximum absolute atomic E-state index is 11.9. The van der Waals surface area contributed by atoms with Crippen molar-refractivity contribution in [3.63, 3.8) is 0 Å². The minimum absolute atomic E-state index is 0.0560. The van der Waals surface area contributed by atoms with Gasteiger partial charge in [0.25, 0.3) is 0 Å². The van der Waals surface area contributed by atoms with Gasteiger partial charge in [0, 0.05) is 9.37 Å². The molecular formula is C15H13BrClNOS. The first-order valence-electron chi connectivity index (χ1n) is 5.99. The zero-order chi connectivity index (χ0) is 14.5. The van der Waals surface area contributed by atoms with Gasteiger partial charge in [-0.05, 0) is 52.7 Å². The summed E-state index contributed by atoms with van der Waals surface area (Å²) in [4.78, 5) is 12.8. The maximum atomic E-state index is 11.9. The number of hydrogen-bond donors (Lipinski definition) is 1. The zero-order valence-corrected chi connectivity index (χ0v) is 14.0. The third-order valence-corrected chi connectivity index (χ3v) is 4.77. The Balaban J connectivity index is 1.94. The normalized spacial score (nSPS) is 10.3. The number of halogens is 2. The highest BCUT2D eigenvalue weighted by molar-refractivity contribution is 9.10. The Morgan fingerprint density at radius 2 is 2.05 bits per heavy atom. The van der Waals surface area contributed by atoms with E-state index in [-0.39, 0.29) is 5.91 Å². The van der Waals surface area contributed by atoms with Crippen molar-refractivity contribution >= 4 is 50.9 Å². The topological polar surface area (TPSA) is 29.1 Å². The number of carbonyl (C=O) groups is 1. The van der Waals surface area contributed by atoms with Gasteiger partial charge in [-0.2, -0.15) is 0 Å². The van der Waals surface area contributed by atoms with Crippen LogP contribution < -0.4 is 5.32 Å². The summed E-state index contributed by atoms with van der Waals surface area (Å²) in [6, 6.07) is 13.3. The van der Waals surface area contributed by atoms with Gasteiger partial charge in [-0.15, -0.1) is 11.8 Å². The van der Waals surface area contributed by atoms with Crippen LogP contribution in [-0.4, -0.2) is 11.7 Å². The Labute approximate surface area is 136 Å². The van der Waals surface area contributed by atoms with Crippen molar-refractivity contribution in [2.75, 3.05) is 11.1 Å².